The number of rotatable bonds is 3. The molecule has 2 rings (SSSR count). The molecule has 0 saturated heterocycles. The van der Waals surface area contributed by atoms with Crippen LogP contribution in [0.5, 0.6) is 0 Å². The fraction of sp³-hybridized carbons (Fsp3) is 0.471. The summed E-state index contributed by atoms with van der Waals surface area (Å²) in [7, 11) is 0. The number of nitrogens with one attached hydrogen (secondary N) is 1. The summed E-state index contributed by atoms with van der Waals surface area (Å²) in [5.41, 5.74) is -0.792. The minimum atomic E-state index is -0.628. The van der Waals surface area contributed by atoms with Gasteiger partial charge in [0.2, 0.25) is 5.89 Å². The minimum absolute atomic E-state index is 0.0650. The second kappa shape index (κ2) is 6.81. The molecule has 1 amide bonds. The van der Waals surface area contributed by atoms with E-state index >= 15 is 0 Å². The molecule has 6 nitrogen and oxygen atoms in total. The van der Waals surface area contributed by atoms with Gasteiger partial charge < -0.3 is 14.5 Å². The van der Waals surface area contributed by atoms with Crippen LogP contribution in [0.1, 0.15) is 46.6 Å². The predicted octanol–water partition coefficient (Wildman–Crippen LogP) is 4.06. The van der Waals surface area contributed by atoms with Crippen LogP contribution in [-0.4, -0.2) is 16.7 Å². The first-order chi connectivity index (χ1) is 11.1. The van der Waals surface area contributed by atoms with Crippen molar-refractivity contribution in [3.8, 4) is 0 Å². The highest BCUT2D eigenvalue weighted by Crippen LogP contribution is 2.24. The first kappa shape index (κ1) is 18.3. The quantitative estimate of drug-likeness (QED) is 0.900. The van der Waals surface area contributed by atoms with E-state index in [9.17, 15) is 9.59 Å². The first-order valence-electron chi connectivity index (χ1n) is 7.67. The van der Waals surface area contributed by atoms with Crippen LogP contribution >= 0.6 is 11.6 Å². The molecule has 24 heavy (non-hydrogen) atoms. The summed E-state index contributed by atoms with van der Waals surface area (Å²) in [6.45, 7) is 9.08. The Kier molecular flexibility index (Phi) is 5.18. The molecule has 0 aliphatic heterocycles. The molecular weight excluding hydrogens is 332 g/mol. The number of fused-ring (bicyclic) bond motifs is 1. The Morgan fingerprint density at radius 3 is 2.58 bits per heavy atom. The van der Waals surface area contributed by atoms with Gasteiger partial charge in [0.15, 0.2) is 0 Å². The molecule has 1 aromatic heterocycles. The molecule has 1 unspecified atom stereocenters. The zero-order chi connectivity index (χ0) is 18.1. The van der Waals surface area contributed by atoms with E-state index < -0.39 is 23.4 Å². The molecule has 7 heteroatoms. The van der Waals surface area contributed by atoms with E-state index in [0.717, 1.165) is 0 Å². The van der Waals surface area contributed by atoms with Crippen LogP contribution in [0.4, 0.5) is 4.79 Å². The van der Waals surface area contributed by atoms with Gasteiger partial charge in [-0.2, -0.15) is 0 Å². The third-order valence-corrected chi connectivity index (χ3v) is 3.54. The van der Waals surface area contributed by atoms with Crippen LogP contribution < -0.4 is 10.9 Å². The highest BCUT2D eigenvalue weighted by molar-refractivity contribution is 6.35. The SMILES string of the molecule is CC(C)C(NC(=O)OC(C)(C)C)c1nc2cccc(Cl)c2c(=O)o1. The lowest BCUT2D eigenvalue weighted by atomic mass is 10.0. The minimum Gasteiger partial charge on any atom is -0.444 e. The lowest BCUT2D eigenvalue weighted by molar-refractivity contribution is 0.0477. The largest absolute Gasteiger partial charge is 0.444 e. The maximum Gasteiger partial charge on any atom is 0.408 e. The molecule has 0 saturated carbocycles. The summed E-state index contributed by atoms with van der Waals surface area (Å²) >= 11 is 6.02. The standard InChI is InChI=1S/C17H21ClN2O4/c1-9(2)13(20-16(22)24-17(3,4)5)14-19-11-8-6-7-10(18)12(11)15(21)23-14/h6-9,13H,1-5H3,(H,20,22). The van der Waals surface area contributed by atoms with Gasteiger partial charge in [0, 0.05) is 0 Å². The van der Waals surface area contributed by atoms with E-state index in [1.165, 1.54) is 0 Å². The van der Waals surface area contributed by atoms with Crippen LogP contribution in [0, 0.1) is 5.92 Å². The topological polar surface area (TPSA) is 81.4 Å². The molecule has 0 spiro atoms. The summed E-state index contributed by atoms with van der Waals surface area (Å²) in [4.78, 5) is 28.6. The highest BCUT2D eigenvalue weighted by Gasteiger charge is 2.26. The third-order valence-electron chi connectivity index (χ3n) is 3.23. The van der Waals surface area contributed by atoms with Crippen molar-refractivity contribution in [1.29, 1.82) is 0 Å². The zero-order valence-electron chi connectivity index (χ0n) is 14.3. The number of alkyl carbamates (subject to hydrolysis) is 1. The number of hydrogen-bond acceptors (Lipinski definition) is 5. The average Bonchev–Trinajstić information content (AvgIpc) is 2.42. The first-order valence-corrected chi connectivity index (χ1v) is 8.05. The number of carbonyl (C=O) groups is 1. The van der Waals surface area contributed by atoms with Gasteiger partial charge in [0.25, 0.3) is 0 Å². The molecule has 1 heterocycles. The molecule has 1 atom stereocenters. The fourth-order valence-corrected chi connectivity index (χ4v) is 2.42. The Balaban J connectivity index is 2.40. The molecule has 1 aromatic carbocycles. The van der Waals surface area contributed by atoms with Crippen LogP contribution in [-0.2, 0) is 4.74 Å². The van der Waals surface area contributed by atoms with Crippen molar-refractivity contribution < 1.29 is 13.9 Å². The van der Waals surface area contributed by atoms with Gasteiger partial charge in [0.1, 0.15) is 17.0 Å². The highest BCUT2D eigenvalue weighted by atomic mass is 35.5. The molecule has 0 aliphatic carbocycles. The van der Waals surface area contributed by atoms with Crippen LogP contribution in [0.25, 0.3) is 10.9 Å². The molecule has 0 bridgehead atoms. The predicted molar refractivity (Wildman–Crippen MR) is 92.2 cm³/mol. The van der Waals surface area contributed by atoms with Crippen LogP contribution in [0.2, 0.25) is 5.02 Å². The number of hydrogen-bond donors (Lipinski definition) is 1. The normalized spacial score (nSPS) is 13.1. The molecule has 1 N–H and O–H groups in total. The molecule has 0 fully saturated rings. The summed E-state index contributed by atoms with van der Waals surface area (Å²) in [6, 6.07) is 4.37. The molecule has 130 valence electrons. The second-order valence-electron chi connectivity index (χ2n) is 6.84. The number of amides is 1. The molecule has 2 aromatic rings. The van der Waals surface area contributed by atoms with Gasteiger partial charge in [-0.25, -0.2) is 14.6 Å². The van der Waals surface area contributed by atoms with E-state index in [2.05, 4.69) is 10.3 Å². The lowest BCUT2D eigenvalue weighted by Gasteiger charge is -2.24. The van der Waals surface area contributed by atoms with Crippen molar-refractivity contribution in [2.24, 2.45) is 5.92 Å². The molecule has 0 radical (unpaired) electrons. The molecule has 0 aliphatic rings. The van der Waals surface area contributed by atoms with Gasteiger partial charge in [0.05, 0.1) is 10.5 Å². The fourth-order valence-electron chi connectivity index (χ4n) is 2.18. The second-order valence-corrected chi connectivity index (χ2v) is 7.25. The number of nitrogens with zero attached hydrogens (tertiary/aromatic N) is 1. The molecular formula is C17H21ClN2O4. The zero-order valence-corrected chi connectivity index (χ0v) is 15.1. The van der Waals surface area contributed by atoms with Crippen molar-refractivity contribution in [1.82, 2.24) is 10.3 Å². The van der Waals surface area contributed by atoms with Gasteiger partial charge >= 0.3 is 11.7 Å². The summed E-state index contributed by atoms with van der Waals surface area (Å²) in [5, 5.41) is 3.21. The van der Waals surface area contributed by atoms with Crippen LogP contribution in [0.3, 0.4) is 0 Å². The van der Waals surface area contributed by atoms with Crippen molar-refractivity contribution in [2.75, 3.05) is 0 Å². The van der Waals surface area contributed by atoms with E-state index in [1.807, 2.05) is 13.8 Å². The maximum atomic E-state index is 12.2. The Labute approximate surface area is 145 Å². The van der Waals surface area contributed by atoms with E-state index in [4.69, 9.17) is 20.8 Å². The number of carbonyl (C=O) groups excluding carboxylic acids is 1. The Bertz CT molecular complexity index is 808. The third kappa shape index (κ3) is 4.26. The van der Waals surface area contributed by atoms with Gasteiger partial charge in [-0.05, 0) is 38.8 Å². The number of halogens is 1. The summed E-state index contributed by atoms with van der Waals surface area (Å²) in [6.07, 6.45) is -0.600. The van der Waals surface area contributed by atoms with Crippen molar-refractivity contribution >= 4 is 28.6 Å². The van der Waals surface area contributed by atoms with E-state index in [-0.39, 0.29) is 22.2 Å². The Morgan fingerprint density at radius 1 is 1.33 bits per heavy atom. The smallest absolute Gasteiger partial charge is 0.408 e. The lowest BCUT2D eigenvalue weighted by Crippen LogP contribution is -2.37. The Morgan fingerprint density at radius 2 is 2.00 bits per heavy atom. The van der Waals surface area contributed by atoms with Crippen molar-refractivity contribution in [3.05, 3.63) is 39.5 Å². The summed E-state index contributed by atoms with van der Waals surface area (Å²) < 4.78 is 10.6. The summed E-state index contributed by atoms with van der Waals surface area (Å²) in [5.74, 6) is 0.0560. The van der Waals surface area contributed by atoms with Gasteiger partial charge in [-0.15, -0.1) is 0 Å². The average molecular weight is 353 g/mol. The Hall–Kier alpha value is -2.08. The van der Waals surface area contributed by atoms with Crippen molar-refractivity contribution in [3.63, 3.8) is 0 Å². The van der Waals surface area contributed by atoms with Crippen molar-refractivity contribution in [2.45, 2.75) is 46.3 Å². The van der Waals surface area contributed by atoms with Gasteiger partial charge in [-0.3, -0.25) is 0 Å². The van der Waals surface area contributed by atoms with E-state index in [1.54, 1.807) is 39.0 Å². The monoisotopic (exact) mass is 352 g/mol. The number of aromatic nitrogens is 1. The number of benzene rings is 1. The number of ether oxygens (including phenoxy) is 1. The van der Waals surface area contributed by atoms with E-state index in [0.29, 0.717) is 5.52 Å². The maximum absolute atomic E-state index is 12.2. The van der Waals surface area contributed by atoms with Gasteiger partial charge in [-0.1, -0.05) is 31.5 Å². The van der Waals surface area contributed by atoms with Crippen LogP contribution in [0.15, 0.2) is 27.4 Å².